The number of nitrogens with zero attached hydrogens (tertiary/aromatic N) is 5. The number of carbonyl (C=O) groups excluding carboxylic acids is 2. The Bertz CT molecular complexity index is 1390. The van der Waals surface area contributed by atoms with Gasteiger partial charge in [-0.1, -0.05) is 42.5 Å². The number of rotatable bonds is 10. The lowest BCUT2D eigenvalue weighted by atomic mass is 10.1. The second-order valence-electron chi connectivity index (χ2n) is 8.86. The highest BCUT2D eigenvalue weighted by Crippen LogP contribution is 2.32. The van der Waals surface area contributed by atoms with Crippen molar-refractivity contribution >= 4 is 34.4 Å². The van der Waals surface area contributed by atoms with Gasteiger partial charge in [-0.2, -0.15) is 5.10 Å². The Morgan fingerprint density at radius 3 is 2.73 bits per heavy atom. The zero-order valence-corrected chi connectivity index (χ0v) is 20.6. The number of aromatic nitrogens is 4. The van der Waals surface area contributed by atoms with Gasteiger partial charge in [-0.05, 0) is 24.1 Å². The maximum Gasteiger partial charge on any atom is 0.227 e. The summed E-state index contributed by atoms with van der Waals surface area (Å²) in [6.07, 6.45) is 4.30. The molecule has 2 aromatic carbocycles. The van der Waals surface area contributed by atoms with Crippen LogP contribution in [0, 0.1) is 5.92 Å². The van der Waals surface area contributed by atoms with Gasteiger partial charge in [0.2, 0.25) is 11.8 Å². The van der Waals surface area contributed by atoms with Gasteiger partial charge in [-0.15, -0.1) is 0 Å². The van der Waals surface area contributed by atoms with E-state index in [4.69, 9.17) is 4.74 Å². The fourth-order valence-electron chi connectivity index (χ4n) is 4.57. The maximum absolute atomic E-state index is 12.8. The number of methoxy groups -OCH3 is 1. The highest BCUT2D eigenvalue weighted by Gasteiger charge is 2.36. The highest BCUT2D eigenvalue weighted by atomic mass is 16.5. The molecule has 3 heterocycles. The number of nitrogens with one attached hydrogen (secondary N) is 2. The Labute approximate surface area is 214 Å². The molecule has 1 fully saturated rings. The van der Waals surface area contributed by atoms with Gasteiger partial charge in [-0.3, -0.25) is 9.59 Å². The van der Waals surface area contributed by atoms with E-state index in [1.807, 2.05) is 36.4 Å². The zero-order valence-electron chi connectivity index (χ0n) is 20.6. The fraction of sp³-hybridized carbons (Fsp3) is 0.296. The lowest BCUT2D eigenvalue weighted by Gasteiger charge is -2.19. The summed E-state index contributed by atoms with van der Waals surface area (Å²) in [4.78, 5) is 35.8. The van der Waals surface area contributed by atoms with Crippen LogP contribution in [-0.4, -0.2) is 58.3 Å². The normalized spacial score (nSPS) is 15.2. The van der Waals surface area contributed by atoms with Crippen molar-refractivity contribution in [2.45, 2.75) is 19.4 Å². The summed E-state index contributed by atoms with van der Waals surface area (Å²) in [5, 5.41) is 11.6. The largest absolute Gasteiger partial charge is 0.495 e. The van der Waals surface area contributed by atoms with Gasteiger partial charge in [0.1, 0.15) is 17.9 Å². The zero-order chi connectivity index (χ0) is 25.6. The smallest absolute Gasteiger partial charge is 0.227 e. The summed E-state index contributed by atoms with van der Waals surface area (Å²) < 4.78 is 7.13. The Hall–Kier alpha value is -4.47. The summed E-state index contributed by atoms with van der Waals surface area (Å²) in [5.41, 5.74) is 2.63. The molecule has 1 aliphatic rings. The molecule has 190 valence electrons. The van der Waals surface area contributed by atoms with E-state index < -0.39 is 5.92 Å². The molecule has 4 aromatic rings. The number of amides is 2. The minimum Gasteiger partial charge on any atom is -0.495 e. The maximum atomic E-state index is 12.8. The molecule has 1 atom stereocenters. The summed E-state index contributed by atoms with van der Waals surface area (Å²) >= 11 is 0. The molecule has 5 rings (SSSR count). The molecule has 1 aliphatic heterocycles. The molecule has 2 aromatic heterocycles. The third-order valence-corrected chi connectivity index (χ3v) is 6.48. The monoisotopic (exact) mass is 499 g/mol. The molecule has 1 saturated heterocycles. The summed E-state index contributed by atoms with van der Waals surface area (Å²) in [5.74, 6) is 0.678. The first kappa shape index (κ1) is 24.2. The number of benzene rings is 2. The lowest BCUT2D eigenvalue weighted by molar-refractivity contribution is -0.126. The quantitative estimate of drug-likeness (QED) is 0.345. The predicted molar refractivity (Wildman–Crippen MR) is 140 cm³/mol. The van der Waals surface area contributed by atoms with E-state index in [9.17, 15) is 9.59 Å². The van der Waals surface area contributed by atoms with E-state index >= 15 is 0 Å². The van der Waals surface area contributed by atoms with Gasteiger partial charge >= 0.3 is 0 Å². The third kappa shape index (κ3) is 5.37. The van der Waals surface area contributed by atoms with E-state index in [1.54, 1.807) is 29.0 Å². The van der Waals surface area contributed by atoms with Crippen LogP contribution >= 0.6 is 0 Å². The third-order valence-electron chi connectivity index (χ3n) is 6.48. The van der Waals surface area contributed by atoms with Gasteiger partial charge in [0, 0.05) is 26.1 Å². The standard InChI is InChI=1S/C27H29N7O3/c1-37-23-10-6-5-9-22(23)33-17-20(15-24(33)35)27(36)29-13-14-34-26-21(16-32-34)25(30-18-31-26)28-12-11-19-7-3-2-4-8-19/h2-10,16,18,20H,11-15,17H2,1H3,(H,29,36)(H,28,30,31). The van der Waals surface area contributed by atoms with Gasteiger partial charge in [-0.25, -0.2) is 14.6 Å². The molecule has 1 unspecified atom stereocenters. The number of carbonyl (C=O) groups is 2. The highest BCUT2D eigenvalue weighted by molar-refractivity contribution is 6.01. The van der Waals surface area contributed by atoms with Crippen LogP contribution in [0.25, 0.3) is 11.0 Å². The average molecular weight is 500 g/mol. The van der Waals surface area contributed by atoms with E-state index in [0.29, 0.717) is 36.7 Å². The van der Waals surface area contributed by atoms with Crippen LogP contribution in [0.15, 0.2) is 67.1 Å². The molecule has 10 nitrogen and oxygen atoms in total. The van der Waals surface area contributed by atoms with Crippen molar-refractivity contribution in [3.63, 3.8) is 0 Å². The number of hydrogen-bond donors (Lipinski definition) is 2. The number of ether oxygens (including phenoxy) is 1. The van der Waals surface area contributed by atoms with Crippen molar-refractivity contribution in [1.29, 1.82) is 0 Å². The van der Waals surface area contributed by atoms with Gasteiger partial charge in [0.25, 0.3) is 0 Å². The Morgan fingerprint density at radius 1 is 1.08 bits per heavy atom. The SMILES string of the molecule is COc1ccccc1N1CC(C(=O)NCCn2ncc3c(NCCc4ccccc4)ncnc32)CC1=O. The fourth-order valence-corrected chi connectivity index (χ4v) is 4.57. The molecule has 2 N–H and O–H groups in total. The van der Waals surface area contributed by atoms with Crippen molar-refractivity contribution in [2.75, 3.05) is 37.0 Å². The Kier molecular flexibility index (Phi) is 7.25. The van der Waals surface area contributed by atoms with Crippen LogP contribution in [0.3, 0.4) is 0 Å². The average Bonchev–Trinajstić information content (AvgIpc) is 3.53. The molecular weight excluding hydrogens is 470 g/mol. The van der Waals surface area contributed by atoms with E-state index in [1.165, 1.54) is 11.9 Å². The van der Waals surface area contributed by atoms with Gasteiger partial charge in [0.05, 0.1) is 36.8 Å². The molecular formula is C27H29N7O3. The summed E-state index contributed by atoms with van der Waals surface area (Å²) in [6, 6.07) is 17.6. The van der Waals surface area contributed by atoms with Crippen LogP contribution < -0.4 is 20.3 Å². The van der Waals surface area contributed by atoms with Crippen LogP contribution in [0.4, 0.5) is 11.5 Å². The first-order valence-electron chi connectivity index (χ1n) is 12.3. The first-order chi connectivity index (χ1) is 18.1. The van der Waals surface area contributed by atoms with Crippen LogP contribution in [0.5, 0.6) is 5.75 Å². The molecule has 0 radical (unpaired) electrons. The Balaban J connectivity index is 1.15. The molecule has 37 heavy (non-hydrogen) atoms. The van der Waals surface area contributed by atoms with Crippen molar-refractivity contribution in [1.82, 2.24) is 25.1 Å². The van der Waals surface area contributed by atoms with Crippen LogP contribution in [0.2, 0.25) is 0 Å². The second-order valence-corrected chi connectivity index (χ2v) is 8.86. The van der Waals surface area contributed by atoms with Gasteiger partial charge < -0.3 is 20.3 Å². The minimum atomic E-state index is -0.422. The van der Waals surface area contributed by atoms with E-state index in [2.05, 4.69) is 37.8 Å². The van der Waals surface area contributed by atoms with Crippen molar-refractivity contribution in [3.05, 3.63) is 72.7 Å². The van der Waals surface area contributed by atoms with Crippen LogP contribution in [0.1, 0.15) is 12.0 Å². The number of para-hydroxylation sites is 2. The lowest BCUT2D eigenvalue weighted by Crippen LogP contribution is -2.35. The Morgan fingerprint density at radius 2 is 1.89 bits per heavy atom. The number of hydrogen-bond acceptors (Lipinski definition) is 7. The molecule has 0 aliphatic carbocycles. The van der Waals surface area contributed by atoms with E-state index in [-0.39, 0.29) is 18.2 Å². The topological polar surface area (TPSA) is 114 Å². The predicted octanol–water partition coefficient (Wildman–Crippen LogP) is 2.66. The number of anilines is 2. The number of fused-ring (bicyclic) bond motifs is 1. The molecule has 0 spiro atoms. The van der Waals surface area contributed by atoms with Crippen molar-refractivity contribution < 1.29 is 14.3 Å². The van der Waals surface area contributed by atoms with Gasteiger partial charge in [0.15, 0.2) is 5.65 Å². The summed E-state index contributed by atoms with van der Waals surface area (Å²) in [7, 11) is 1.57. The van der Waals surface area contributed by atoms with Crippen LogP contribution in [-0.2, 0) is 22.6 Å². The molecule has 2 amide bonds. The minimum absolute atomic E-state index is 0.0910. The molecule has 0 saturated carbocycles. The van der Waals surface area contributed by atoms with Crippen molar-refractivity contribution in [2.24, 2.45) is 5.92 Å². The van der Waals surface area contributed by atoms with Crippen molar-refractivity contribution in [3.8, 4) is 5.75 Å². The summed E-state index contributed by atoms with van der Waals surface area (Å²) in [6.45, 7) is 1.88. The molecule has 10 heteroatoms. The first-order valence-corrected chi connectivity index (χ1v) is 12.3. The van der Waals surface area contributed by atoms with E-state index in [0.717, 1.165) is 24.2 Å². The molecule has 0 bridgehead atoms. The second kappa shape index (κ2) is 11.1.